The maximum atomic E-state index is 4.28. The second kappa shape index (κ2) is 3.81. The van der Waals surface area contributed by atoms with Crippen LogP contribution in [-0.4, -0.2) is 21.0 Å². The van der Waals surface area contributed by atoms with Gasteiger partial charge in [0.1, 0.15) is 0 Å². The van der Waals surface area contributed by atoms with E-state index in [2.05, 4.69) is 42.6 Å². The lowest BCUT2D eigenvalue weighted by molar-refractivity contribution is 0.347. The lowest BCUT2D eigenvalue weighted by Gasteiger charge is -2.17. The monoisotopic (exact) mass is 260 g/mol. The van der Waals surface area contributed by atoms with Crippen LogP contribution in [0.4, 0.5) is 0 Å². The number of nitrogens with one attached hydrogen (secondary N) is 1. The van der Waals surface area contributed by atoms with Gasteiger partial charge in [-0.05, 0) is 63.7 Å². The first-order valence-corrected chi connectivity index (χ1v) is 7.69. The Labute approximate surface area is 115 Å². The van der Waals surface area contributed by atoms with E-state index < -0.39 is 0 Å². The van der Waals surface area contributed by atoms with Crippen LogP contribution in [0.3, 0.4) is 0 Å². The molecule has 0 radical (unpaired) electrons. The van der Waals surface area contributed by atoms with Gasteiger partial charge in [-0.3, -0.25) is 0 Å². The molecule has 3 fully saturated rings. The van der Waals surface area contributed by atoms with Crippen LogP contribution >= 0.6 is 0 Å². The van der Waals surface area contributed by atoms with Gasteiger partial charge in [-0.2, -0.15) is 0 Å². The molecule has 0 spiro atoms. The lowest BCUT2D eigenvalue weighted by Crippen LogP contribution is -2.23. The van der Waals surface area contributed by atoms with Gasteiger partial charge in [-0.25, -0.2) is 4.68 Å². The van der Waals surface area contributed by atoms with E-state index >= 15 is 0 Å². The van der Waals surface area contributed by atoms with Crippen LogP contribution in [0.25, 0.3) is 0 Å². The van der Waals surface area contributed by atoms with Crippen molar-refractivity contribution < 1.29 is 0 Å². The van der Waals surface area contributed by atoms with Crippen LogP contribution in [-0.2, 0) is 12.1 Å². The molecule has 0 aliphatic heterocycles. The van der Waals surface area contributed by atoms with Crippen molar-refractivity contribution in [1.29, 1.82) is 0 Å². The van der Waals surface area contributed by atoms with Gasteiger partial charge >= 0.3 is 0 Å². The molecule has 19 heavy (non-hydrogen) atoms. The quantitative estimate of drug-likeness (QED) is 0.905. The summed E-state index contributed by atoms with van der Waals surface area (Å²) in [4.78, 5) is 0. The number of hydrogen-bond acceptors (Lipinski definition) is 3. The number of hydrogen-bond donors (Lipinski definition) is 1. The van der Waals surface area contributed by atoms with Crippen LogP contribution < -0.4 is 5.32 Å². The summed E-state index contributed by atoms with van der Waals surface area (Å²) in [7, 11) is 0. The Bertz CT molecular complexity index is 471. The van der Waals surface area contributed by atoms with Crippen molar-refractivity contribution in [2.45, 2.75) is 58.2 Å². The van der Waals surface area contributed by atoms with E-state index in [0.717, 1.165) is 42.0 Å². The van der Waals surface area contributed by atoms with Gasteiger partial charge in [0.15, 0.2) is 0 Å². The molecule has 0 amide bonds. The molecular formula is C15H24N4. The zero-order valence-corrected chi connectivity index (χ0v) is 12.1. The summed E-state index contributed by atoms with van der Waals surface area (Å²) in [5.74, 6) is 4.07. The molecular weight excluding hydrogens is 236 g/mol. The molecule has 4 rings (SSSR count). The van der Waals surface area contributed by atoms with Gasteiger partial charge in [-0.15, -0.1) is 5.10 Å². The molecule has 0 saturated heterocycles. The van der Waals surface area contributed by atoms with Gasteiger partial charge in [0.25, 0.3) is 0 Å². The Balaban J connectivity index is 1.35. The third kappa shape index (κ3) is 1.83. The largest absolute Gasteiger partial charge is 0.308 e. The number of fused-ring (bicyclic) bond motifs is 5. The minimum Gasteiger partial charge on any atom is -0.308 e. The molecule has 104 valence electrons. The highest BCUT2D eigenvalue weighted by Crippen LogP contribution is 2.65. The highest BCUT2D eigenvalue weighted by Gasteiger charge is 2.64. The fourth-order valence-electron chi connectivity index (χ4n) is 4.53. The van der Waals surface area contributed by atoms with E-state index in [1.54, 1.807) is 0 Å². The maximum absolute atomic E-state index is 4.28. The van der Waals surface area contributed by atoms with Gasteiger partial charge in [0.2, 0.25) is 0 Å². The number of rotatable bonds is 3. The average molecular weight is 260 g/mol. The molecule has 4 heteroatoms. The first-order chi connectivity index (χ1) is 9.04. The smallest absolute Gasteiger partial charge is 0.0965 e. The van der Waals surface area contributed by atoms with Gasteiger partial charge in [0.05, 0.1) is 17.4 Å². The average Bonchev–Trinajstić information content (AvgIpc) is 2.80. The maximum Gasteiger partial charge on any atom is 0.0965 e. The van der Waals surface area contributed by atoms with Crippen molar-refractivity contribution in [3.8, 4) is 0 Å². The van der Waals surface area contributed by atoms with Crippen LogP contribution in [0, 0.1) is 23.7 Å². The first-order valence-electron chi connectivity index (χ1n) is 7.69. The molecule has 3 aliphatic carbocycles. The SMILES string of the molecule is CC(C)(C)n1cc(CNC2C3C4CCC(C4)C23)nn1. The van der Waals surface area contributed by atoms with E-state index in [9.17, 15) is 0 Å². The Morgan fingerprint density at radius 1 is 1.26 bits per heavy atom. The Kier molecular flexibility index (Phi) is 2.39. The van der Waals surface area contributed by atoms with Gasteiger partial charge in [-0.1, -0.05) is 5.21 Å². The molecule has 3 saturated carbocycles. The van der Waals surface area contributed by atoms with E-state index in [1.165, 1.54) is 19.3 Å². The molecule has 1 N–H and O–H groups in total. The van der Waals surface area contributed by atoms with E-state index in [4.69, 9.17) is 0 Å². The summed E-state index contributed by atoms with van der Waals surface area (Å²) in [6.45, 7) is 7.35. The van der Waals surface area contributed by atoms with Gasteiger partial charge < -0.3 is 5.32 Å². The molecule has 4 unspecified atom stereocenters. The highest BCUT2D eigenvalue weighted by molar-refractivity contribution is 5.17. The summed E-state index contributed by atoms with van der Waals surface area (Å²) in [6.07, 6.45) is 6.59. The minimum atomic E-state index is 0.0282. The molecule has 1 aromatic heterocycles. The first kappa shape index (κ1) is 11.9. The van der Waals surface area contributed by atoms with Crippen molar-refractivity contribution in [2.75, 3.05) is 0 Å². The molecule has 0 aromatic carbocycles. The number of nitrogens with zero attached hydrogens (tertiary/aromatic N) is 3. The summed E-state index contributed by atoms with van der Waals surface area (Å²) >= 11 is 0. The number of aromatic nitrogens is 3. The standard InChI is InChI=1S/C15H24N4/c1-15(2,3)19-8-11(17-18-19)7-16-14-12-9-4-5-10(6-9)13(12)14/h8-10,12-14,16H,4-7H2,1-3H3. The van der Waals surface area contributed by atoms with Crippen molar-refractivity contribution in [3.05, 3.63) is 11.9 Å². The molecule has 3 aliphatic rings. The van der Waals surface area contributed by atoms with Crippen LogP contribution in [0.5, 0.6) is 0 Å². The molecule has 2 bridgehead atoms. The lowest BCUT2D eigenvalue weighted by atomic mass is 10.0. The molecule has 4 nitrogen and oxygen atoms in total. The fourth-order valence-corrected chi connectivity index (χ4v) is 4.53. The summed E-state index contributed by atoms with van der Waals surface area (Å²) in [6, 6.07) is 0.783. The summed E-state index contributed by atoms with van der Waals surface area (Å²) in [5, 5.41) is 12.2. The second-order valence-corrected chi connectivity index (χ2v) is 7.72. The normalized spacial score (nSPS) is 39.6. The van der Waals surface area contributed by atoms with Crippen LogP contribution in [0.15, 0.2) is 6.20 Å². The van der Waals surface area contributed by atoms with Crippen molar-refractivity contribution in [2.24, 2.45) is 23.7 Å². The van der Waals surface area contributed by atoms with E-state index in [0.29, 0.717) is 0 Å². The van der Waals surface area contributed by atoms with E-state index in [1.807, 2.05) is 4.68 Å². The highest BCUT2D eigenvalue weighted by atomic mass is 15.4. The summed E-state index contributed by atoms with van der Waals surface area (Å²) in [5.41, 5.74) is 1.10. The van der Waals surface area contributed by atoms with E-state index in [-0.39, 0.29) is 5.54 Å². The zero-order chi connectivity index (χ0) is 13.2. The molecule has 4 atom stereocenters. The zero-order valence-electron chi connectivity index (χ0n) is 12.1. The second-order valence-electron chi connectivity index (χ2n) is 7.72. The van der Waals surface area contributed by atoms with Crippen molar-refractivity contribution in [3.63, 3.8) is 0 Å². The Hall–Kier alpha value is -0.900. The predicted octanol–water partition coefficient (Wildman–Crippen LogP) is 2.17. The summed E-state index contributed by atoms with van der Waals surface area (Å²) < 4.78 is 1.96. The Morgan fingerprint density at radius 2 is 1.95 bits per heavy atom. The van der Waals surface area contributed by atoms with Crippen molar-refractivity contribution >= 4 is 0 Å². The Morgan fingerprint density at radius 3 is 2.53 bits per heavy atom. The van der Waals surface area contributed by atoms with Gasteiger partial charge in [0, 0.05) is 12.6 Å². The minimum absolute atomic E-state index is 0.0282. The fraction of sp³-hybridized carbons (Fsp3) is 0.867. The third-order valence-electron chi connectivity index (χ3n) is 5.48. The topological polar surface area (TPSA) is 42.7 Å². The third-order valence-corrected chi connectivity index (χ3v) is 5.48. The predicted molar refractivity (Wildman–Crippen MR) is 73.5 cm³/mol. The van der Waals surface area contributed by atoms with Crippen LogP contribution in [0.2, 0.25) is 0 Å². The molecule has 1 aromatic rings. The molecule has 1 heterocycles. The van der Waals surface area contributed by atoms with Crippen LogP contribution in [0.1, 0.15) is 45.7 Å². The van der Waals surface area contributed by atoms with Crippen molar-refractivity contribution in [1.82, 2.24) is 20.3 Å².